The molecule has 1 aliphatic rings. The average Bonchev–Trinajstić information content (AvgIpc) is 3.04. The van der Waals surface area contributed by atoms with Gasteiger partial charge >= 0.3 is 0 Å². The summed E-state index contributed by atoms with van der Waals surface area (Å²) in [5, 5.41) is 8.90. The first-order valence-electron chi connectivity index (χ1n) is 7.52. The molecule has 0 aromatic heterocycles. The standard InChI is InChI=1S/C19H17NO2S/c1-23(21,22)17-11-9-16(10-12-17)19-4-2-3-18(19)15-7-5-14(13-20)6-8-15/h5-12H,2-4H2,1H3. The SMILES string of the molecule is CS(=O)(=O)c1ccc(C2=C(c3ccc(C#N)cc3)CCC2)cc1. The molecule has 0 heterocycles. The van der Waals surface area contributed by atoms with Crippen molar-refractivity contribution in [1.82, 2.24) is 0 Å². The van der Waals surface area contributed by atoms with Crippen LogP contribution >= 0.6 is 0 Å². The van der Waals surface area contributed by atoms with Crippen molar-refractivity contribution in [3.8, 4) is 6.07 Å². The highest BCUT2D eigenvalue weighted by molar-refractivity contribution is 7.90. The molecule has 4 heteroatoms. The molecule has 1 aliphatic carbocycles. The van der Waals surface area contributed by atoms with E-state index in [4.69, 9.17) is 5.26 Å². The number of sulfone groups is 1. The van der Waals surface area contributed by atoms with E-state index in [2.05, 4.69) is 6.07 Å². The highest BCUT2D eigenvalue weighted by Gasteiger charge is 2.18. The smallest absolute Gasteiger partial charge is 0.175 e. The van der Waals surface area contributed by atoms with Crippen molar-refractivity contribution in [2.24, 2.45) is 0 Å². The van der Waals surface area contributed by atoms with Crippen molar-refractivity contribution in [1.29, 1.82) is 5.26 Å². The van der Waals surface area contributed by atoms with E-state index in [1.165, 1.54) is 17.4 Å². The second-order valence-corrected chi connectivity index (χ2v) is 7.81. The van der Waals surface area contributed by atoms with Gasteiger partial charge in [0.05, 0.1) is 16.5 Å². The summed E-state index contributed by atoms with van der Waals surface area (Å²) in [6.45, 7) is 0. The first kappa shape index (κ1) is 15.5. The van der Waals surface area contributed by atoms with Gasteiger partial charge in [-0.2, -0.15) is 5.26 Å². The van der Waals surface area contributed by atoms with Gasteiger partial charge in [0, 0.05) is 6.26 Å². The van der Waals surface area contributed by atoms with Crippen LogP contribution in [0.4, 0.5) is 0 Å². The minimum atomic E-state index is -3.16. The Morgan fingerprint density at radius 3 is 1.78 bits per heavy atom. The Morgan fingerprint density at radius 2 is 1.35 bits per heavy atom. The third kappa shape index (κ3) is 3.20. The van der Waals surface area contributed by atoms with Crippen LogP contribution in [-0.4, -0.2) is 14.7 Å². The van der Waals surface area contributed by atoms with Gasteiger partial charge in [-0.1, -0.05) is 24.3 Å². The normalized spacial score (nSPS) is 14.8. The molecule has 23 heavy (non-hydrogen) atoms. The topological polar surface area (TPSA) is 57.9 Å². The van der Waals surface area contributed by atoms with E-state index in [9.17, 15) is 8.42 Å². The molecule has 0 aliphatic heterocycles. The monoisotopic (exact) mass is 323 g/mol. The molecule has 0 amide bonds. The van der Waals surface area contributed by atoms with Crippen LogP contribution in [0.5, 0.6) is 0 Å². The zero-order chi connectivity index (χ0) is 16.4. The Morgan fingerprint density at radius 1 is 0.870 bits per heavy atom. The summed E-state index contributed by atoms with van der Waals surface area (Å²) < 4.78 is 23.1. The van der Waals surface area contributed by atoms with E-state index < -0.39 is 9.84 Å². The minimum absolute atomic E-state index is 0.347. The number of hydrogen-bond donors (Lipinski definition) is 0. The van der Waals surface area contributed by atoms with Crippen LogP contribution in [-0.2, 0) is 9.84 Å². The summed E-state index contributed by atoms with van der Waals surface area (Å²) >= 11 is 0. The summed E-state index contributed by atoms with van der Waals surface area (Å²) in [5.74, 6) is 0. The van der Waals surface area contributed by atoms with Crippen LogP contribution in [0.15, 0.2) is 53.4 Å². The lowest BCUT2D eigenvalue weighted by Gasteiger charge is -2.09. The number of nitrogens with zero attached hydrogens (tertiary/aromatic N) is 1. The molecule has 116 valence electrons. The van der Waals surface area contributed by atoms with Gasteiger partial charge in [0.2, 0.25) is 0 Å². The number of allylic oxidation sites excluding steroid dienone is 2. The molecule has 0 fully saturated rings. The molecule has 0 saturated carbocycles. The van der Waals surface area contributed by atoms with Crippen molar-refractivity contribution in [2.75, 3.05) is 6.26 Å². The lowest BCUT2D eigenvalue weighted by atomic mass is 9.96. The van der Waals surface area contributed by atoms with Crippen LogP contribution in [0.3, 0.4) is 0 Å². The van der Waals surface area contributed by atoms with E-state index in [0.717, 1.165) is 30.4 Å². The van der Waals surface area contributed by atoms with E-state index in [-0.39, 0.29) is 0 Å². The molecule has 0 spiro atoms. The van der Waals surface area contributed by atoms with Gasteiger partial charge < -0.3 is 0 Å². The first-order valence-corrected chi connectivity index (χ1v) is 9.41. The maximum atomic E-state index is 11.6. The van der Waals surface area contributed by atoms with Crippen LogP contribution in [0, 0.1) is 11.3 Å². The van der Waals surface area contributed by atoms with Gasteiger partial charge in [-0.3, -0.25) is 0 Å². The molecule has 2 aromatic rings. The largest absolute Gasteiger partial charge is 0.224 e. The van der Waals surface area contributed by atoms with Crippen LogP contribution in [0.25, 0.3) is 11.1 Å². The van der Waals surface area contributed by atoms with Crippen LogP contribution in [0.1, 0.15) is 36.0 Å². The molecule has 0 unspecified atom stereocenters. The lowest BCUT2D eigenvalue weighted by molar-refractivity contribution is 0.602. The summed E-state index contributed by atoms with van der Waals surface area (Å²) in [6.07, 6.45) is 4.32. The van der Waals surface area contributed by atoms with E-state index in [1.807, 2.05) is 36.4 Å². The Kier molecular flexibility index (Phi) is 4.06. The van der Waals surface area contributed by atoms with Crippen molar-refractivity contribution in [2.45, 2.75) is 24.2 Å². The van der Waals surface area contributed by atoms with Crippen molar-refractivity contribution in [3.63, 3.8) is 0 Å². The highest BCUT2D eigenvalue weighted by Crippen LogP contribution is 2.39. The Labute approximate surface area is 136 Å². The summed E-state index contributed by atoms with van der Waals surface area (Å²) in [4.78, 5) is 0.347. The molecule has 3 nitrogen and oxygen atoms in total. The van der Waals surface area contributed by atoms with Gasteiger partial charge in [0.15, 0.2) is 9.84 Å². The van der Waals surface area contributed by atoms with Crippen molar-refractivity contribution >= 4 is 21.0 Å². The number of nitriles is 1. The molecule has 0 N–H and O–H groups in total. The summed E-state index contributed by atoms with van der Waals surface area (Å²) in [7, 11) is -3.16. The fourth-order valence-electron chi connectivity index (χ4n) is 3.03. The third-order valence-corrected chi connectivity index (χ3v) is 5.34. The zero-order valence-electron chi connectivity index (χ0n) is 12.9. The molecule has 0 radical (unpaired) electrons. The molecule has 0 saturated heterocycles. The molecule has 0 bridgehead atoms. The minimum Gasteiger partial charge on any atom is -0.224 e. The zero-order valence-corrected chi connectivity index (χ0v) is 13.7. The molecule has 2 aromatic carbocycles. The first-order chi connectivity index (χ1) is 11.0. The Bertz CT molecular complexity index is 899. The Hall–Kier alpha value is -2.38. The van der Waals surface area contributed by atoms with Gasteiger partial charge in [0.1, 0.15) is 0 Å². The number of rotatable bonds is 3. The summed E-state index contributed by atoms with van der Waals surface area (Å²) in [5.41, 5.74) is 5.45. The van der Waals surface area contributed by atoms with Crippen molar-refractivity contribution in [3.05, 3.63) is 65.2 Å². The fraction of sp³-hybridized carbons (Fsp3) is 0.211. The van der Waals surface area contributed by atoms with E-state index in [0.29, 0.717) is 10.5 Å². The predicted molar refractivity (Wildman–Crippen MR) is 91.4 cm³/mol. The van der Waals surface area contributed by atoms with Crippen LogP contribution in [0.2, 0.25) is 0 Å². The molecular formula is C19H17NO2S. The fourth-order valence-corrected chi connectivity index (χ4v) is 3.66. The van der Waals surface area contributed by atoms with Crippen LogP contribution < -0.4 is 0 Å². The predicted octanol–water partition coefficient (Wildman–Crippen LogP) is 4.06. The maximum absolute atomic E-state index is 11.6. The third-order valence-electron chi connectivity index (χ3n) is 4.21. The second kappa shape index (κ2) is 6.02. The lowest BCUT2D eigenvalue weighted by Crippen LogP contribution is -1.97. The Balaban J connectivity index is 2.00. The van der Waals surface area contributed by atoms with E-state index in [1.54, 1.807) is 12.1 Å². The molecule has 3 rings (SSSR count). The second-order valence-electron chi connectivity index (χ2n) is 5.80. The number of benzene rings is 2. The van der Waals surface area contributed by atoms with Gasteiger partial charge in [-0.05, 0) is 65.8 Å². The number of hydrogen-bond acceptors (Lipinski definition) is 3. The van der Waals surface area contributed by atoms with Gasteiger partial charge in [-0.25, -0.2) is 8.42 Å². The molecular weight excluding hydrogens is 306 g/mol. The average molecular weight is 323 g/mol. The van der Waals surface area contributed by atoms with E-state index >= 15 is 0 Å². The molecule has 0 atom stereocenters. The summed E-state index contributed by atoms with van der Waals surface area (Å²) in [6, 6.07) is 16.9. The highest BCUT2D eigenvalue weighted by atomic mass is 32.2. The quantitative estimate of drug-likeness (QED) is 0.856. The maximum Gasteiger partial charge on any atom is 0.175 e. The van der Waals surface area contributed by atoms with Gasteiger partial charge in [-0.15, -0.1) is 0 Å². The van der Waals surface area contributed by atoms with Gasteiger partial charge in [0.25, 0.3) is 0 Å². The van der Waals surface area contributed by atoms with Crippen molar-refractivity contribution < 1.29 is 8.42 Å².